The molecule has 9 nitrogen and oxygen atoms in total. The van der Waals surface area contributed by atoms with Crippen LogP contribution in [0.3, 0.4) is 0 Å². The molecule has 0 aromatic carbocycles. The van der Waals surface area contributed by atoms with Crippen molar-refractivity contribution in [2.45, 2.75) is 46.5 Å². The maximum Gasteiger partial charge on any atom is 0.421 e. The van der Waals surface area contributed by atoms with Crippen molar-refractivity contribution in [2.75, 3.05) is 33.0 Å². The first-order valence-corrected chi connectivity index (χ1v) is 11.7. The number of hydrogen-bond donors (Lipinski definition) is 2. The van der Waals surface area contributed by atoms with Gasteiger partial charge in [-0.25, -0.2) is 9.52 Å². The van der Waals surface area contributed by atoms with Crippen molar-refractivity contribution in [3.05, 3.63) is 0 Å². The summed E-state index contributed by atoms with van der Waals surface area (Å²) >= 11 is 0. The molecule has 2 rings (SSSR count). The number of rotatable bonds is 10. The molecule has 2 aliphatic rings. The Morgan fingerprint density at radius 1 is 1.00 bits per heavy atom. The van der Waals surface area contributed by atoms with Crippen LogP contribution in [0.1, 0.15) is 46.5 Å². The van der Waals surface area contributed by atoms with Crippen LogP contribution in [0.15, 0.2) is 0 Å². The van der Waals surface area contributed by atoms with E-state index in [9.17, 15) is 18.0 Å². The first-order valence-electron chi connectivity index (χ1n) is 10.2. The van der Waals surface area contributed by atoms with Crippen molar-refractivity contribution >= 4 is 22.3 Å². The lowest BCUT2D eigenvalue weighted by Gasteiger charge is -2.16. The van der Waals surface area contributed by atoms with Gasteiger partial charge in [-0.1, -0.05) is 0 Å². The second kappa shape index (κ2) is 11.0. The summed E-state index contributed by atoms with van der Waals surface area (Å²) in [4.78, 5) is 23.4. The molecule has 0 aromatic rings. The lowest BCUT2D eigenvalue weighted by Crippen LogP contribution is -2.42. The van der Waals surface area contributed by atoms with E-state index in [1.54, 1.807) is 20.8 Å². The van der Waals surface area contributed by atoms with Crippen LogP contribution in [0.5, 0.6) is 0 Å². The highest BCUT2D eigenvalue weighted by Crippen LogP contribution is 2.52. The van der Waals surface area contributed by atoms with Gasteiger partial charge in [-0.15, -0.1) is 11.8 Å². The van der Waals surface area contributed by atoms with E-state index < -0.39 is 21.7 Å². The summed E-state index contributed by atoms with van der Waals surface area (Å²) in [5.41, 5.74) is -0.583. The molecule has 1 amide bonds. The highest BCUT2D eigenvalue weighted by molar-refractivity contribution is 7.88. The molecule has 0 aromatic heterocycles. The minimum atomic E-state index is -4.03. The van der Waals surface area contributed by atoms with Crippen molar-refractivity contribution < 1.29 is 32.2 Å². The molecule has 0 saturated heterocycles. The number of carbonyl (C=O) groups is 2. The van der Waals surface area contributed by atoms with Crippen LogP contribution in [0, 0.1) is 35.0 Å². The fourth-order valence-corrected chi connectivity index (χ4v) is 4.09. The average Bonchev–Trinajstić information content (AvgIpc) is 3.26. The molecule has 0 unspecified atom stereocenters. The Morgan fingerprint density at radius 3 is 2.23 bits per heavy atom. The molecule has 0 aliphatic heterocycles. The summed E-state index contributed by atoms with van der Waals surface area (Å²) in [5, 5.41) is 0. The highest BCUT2D eigenvalue weighted by Gasteiger charge is 2.49. The lowest BCUT2D eigenvalue weighted by atomic mass is 9.97. The Hall–Kier alpha value is -1.83. The molecule has 0 radical (unpaired) electrons. The van der Waals surface area contributed by atoms with Gasteiger partial charge < -0.3 is 14.2 Å². The number of amides is 1. The third-order valence-electron chi connectivity index (χ3n) is 5.08. The number of fused-ring (bicyclic) bond motifs is 1. The zero-order valence-electron chi connectivity index (χ0n) is 17.9. The van der Waals surface area contributed by atoms with Crippen molar-refractivity contribution in [3.8, 4) is 11.8 Å². The van der Waals surface area contributed by atoms with Gasteiger partial charge in [-0.3, -0.25) is 4.79 Å². The maximum atomic E-state index is 11.9. The Bertz CT molecular complexity index is 746. The molecule has 0 heterocycles. The van der Waals surface area contributed by atoms with Gasteiger partial charge in [0.05, 0.1) is 25.2 Å². The van der Waals surface area contributed by atoms with E-state index in [-0.39, 0.29) is 44.9 Å². The molecule has 30 heavy (non-hydrogen) atoms. The van der Waals surface area contributed by atoms with Crippen LogP contribution in [0.25, 0.3) is 0 Å². The minimum absolute atomic E-state index is 0.0391. The zero-order chi connectivity index (χ0) is 22.2. The van der Waals surface area contributed by atoms with E-state index in [1.165, 1.54) is 0 Å². The summed E-state index contributed by atoms with van der Waals surface area (Å²) in [7, 11) is -4.03. The van der Waals surface area contributed by atoms with Gasteiger partial charge in [0.15, 0.2) is 0 Å². The van der Waals surface area contributed by atoms with E-state index in [2.05, 4.69) is 16.6 Å². The Kier molecular flexibility index (Phi) is 8.94. The molecule has 2 aliphatic carbocycles. The third kappa shape index (κ3) is 8.50. The first-order chi connectivity index (χ1) is 14.1. The predicted molar refractivity (Wildman–Crippen MR) is 109 cm³/mol. The molecule has 170 valence electrons. The molecule has 10 heteroatoms. The van der Waals surface area contributed by atoms with Gasteiger partial charge >= 0.3 is 22.3 Å². The van der Waals surface area contributed by atoms with E-state index in [1.807, 2.05) is 4.72 Å². The van der Waals surface area contributed by atoms with Gasteiger partial charge in [0.25, 0.3) is 0 Å². The normalized spacial score (nSPS) is 23.1. The van der Waals surface area contributed by atoms with Crippen LogP contribution < -0.4 is 9.44 Å². The predicted octanol–water partition coefficient (Wildman–Crippen LogP) is 1.59. The fourth-order valence-electron chi connectivity index (χ4n) is 3.39. The van der Waals surface area contributed by atoms with Gasteiger partial charge in [-0.05, 0) is 51.4 Å². The first kappa shape index (κ1) is 24.4. The summed E-state index contributed by atoms with van der Waals surface area (Å²) in [6.07, 6.45) is 2.74. The number of ether oxygens (including phenoxy) is 3. The molecular weight excluding hydrogens is 412 g/mol. The molecule has 3 atom stereocenters. The van der Waals surface area contributed by atoms with Crippen molar-refractivity contribution in [3.63, 3.8) is 0 Å². The third-order valence-corrected chi connectivity index (χ3v) is 6.10. The van der Waals surface area contributed by atoms with Gasteiger partial charge in [0.1, 0.15) is 6.61 Å². The number of esters is 1. The van der Waals surface area contributed by atoms with E-state index in [0.717, 1.165) is 25.7 Å². The monoisotopic (exact) mass is 444 g/mol. The molecule has 0 bridgehead atoms. The molecule has 1 fully saturated rings. The van der Waals surface area contributed by atoms with Crippen molar-refractivity contribution in [2.24, 2.45) is 23.2 Å². The second-order valence-corrected chi connectivity index (χ2v) is 10.0. The lowest BCUT2D eigenvalue weighted by molar-refractivity contribution is -0.154. The van der Waals surface area contributed by atoms with Crippen molar-refractivity contribution in [1.29, 1.82) is 0 Å². The summed E-state index contributed by atoms with van der Waals surface area (Å²) < 4.78 is 43.1. The fraction of sp³-hybridized carbons (Fsp3) is 0.800. The summed E-state index contributed by atoms with van der Waals surface area (Å²) in [5.74, 6) is 7.22. The van der Waals surface area contributed by atoms with Crippen LogP contribution in [-0.4, -0.2) is 53.5 Å². The number of nitrogens with one attached hydrogen (secondary N) is 2. The second-order valence-electron chi connectivity index (χ2n) is 8.52. The molecular formula is C20H32N2O7S. The van der Waals surface area contributed by atoms with Crippen LogP contribution in [-0.2, 0) is 29.2 Å². The Morgan fingerprint density at radius 2 is 1.63 bits per heavy atom. The van der Waals surface area contributed by atoms with Crippen molar-refractivity contribution in [1.82, 2.24) is 9.44 Å². The quantitative estimate of drug-likeness (QED) is 0.298. The summed E-state index contributed by atoms with van der Waals surface area (Å²) in [6, 6.07) is 0. The van der Waals surface area contributed by atoms with E-state index in [4.69, 9.17) is 14.2 Å². The van der Waals surface area contributed by atoms with Crippen LogP contribution in [0.4, 0.5) is 4.79 Å². The largest absolute Gasteiger partial charge is 0.463 e. The number of carbonyl (C=O) groups excluding carboxylic acids is 2. The molecule has 2 N–H and O–H groups in total. The van der Waals surface area contributed by atoms with Gasteiger partial charge in [0.2, 0.25) is 0 Å². The topological polar surface area (TPSA) is 120 Å². The van der Waals surface area contributed by atoms with Gasteiger partial charge in [0, 0.05) is 19.4 Å². The summed E-state index contributed by atoms with van der Waals surface area (Å²) in [6.45, 7) is 5.72. The van der Waals surface area contributed by atoms with Crippen LogP contribution >= 0.6 is 0 Å². The van der Waals surface area contributed by atoms with Gasteiger partial charge in [-0.2, -0.15) is 13.1 Å². The smallest absolute Gasteiger partial charge is 0.421 e. The van der Waals surface area contributed by atoms with E-state index in [0.29, 0.717) is 11.8 Å². The standard InChI is InChI=1S/C20H32N2O7S/c1-20(2,3)18(23)28-13-12-27-11-10-21-30(25,26)22-19(24)29-14-17-15-8-6-4-5-7-9-16(15)17/h15-17,21H,6-14H2,1-3H3,(H,22,24)/t15-,16+,17-. The average molecular weight is 445 g/mol. The Labute approximate surface area is 178 Å². The van der Waals surface area contributed by atoms with Crippen LogP contribution in [0.2, 0.25) is 0 Å². The Balaban J connectivity index is 1.53. The SMILES string of the molecule is CC(C)(C)C(=O)OCCOCCNS(=O)(=O)NC(=O)OC[C@@H]1[C@@H]2CCC#CCC[C@@H]21. The zero-order valence-corrected chi connectivity index (χ0v) is 18.7. The number of hydrogen-bond acceptors (Lipinski definition) is 7. The highest BCUT2D eigenvalue weighted by atomic mass is 32.2. The minimum Gasteiger partial charge on any atom is -0.463 e. The molecule has 0 spiro atoms. The van der Waals surface area contributed by atoms with E-state index >= 15 is 0 Å². The maximum absolute atomic E-state index is 11.9. The molecule has 1 saturated carbocycles.